The highest BCUT2D eigenvalue weighted by molar-refractivity contribution is 7.15. The third-order valence-corrected chi connectivity index (χ3v) is 6.16. The summed E-state index contributed by atoms with van der Waals surface area (Å²) in [7, 11) is 0. The van der Waals surface area contributed by atoms with E-state index in [0.29, 0.717) is 15.8 Å². The van der Waals surface area contributed by atoms with Crippen LogP contribution in [-0.2, 0) is 11.2 Å². The van der Waals surface area contributed by atoms with Crippen LogP contribution in [-0.4, -0.2) is 28.0 Å². The van der Waals surface area contributed by atoms with E-state index in [-0.39, 0.29) is 12.0 Å². The normalized spacial score (nSPS) is 16.0. The summed E-state index contributed by atoms with van der Waals surface area (Å²) in [6.45, 7) is 3.48. The summed E-state index contributed by atoms with van der Waals surface area (Å²) >= 11 is 1.07. The maximum absolute atomic E-state index is 12.4. The molecule has 0 aliphatic carbocycles. The Kier molecular flexibility index (Phi) is 6.41. The standard InChI is InChI=1S/C24H24N2O5S/c1-14(2)21(23(28)29)26-22(27)20-13-25-24(32-20)30-17-9-11-19-16(12-17)8-10-18(31-19)15-6-4-3-5-7-15/h3-7,9,11-14,18,21H,8,10H2,1-2H3,(H,26,27)(H,28,29). The van der Waals surface area contributed by atoms with E-state index in [9.17, 15) is 14.7 Å². The second kappa shape index (κ2) is 9.40. The van der Waals surface area contributed by atoms with Gasteiger partial charge in [-0.3, -0.25) is 4.79 Å². The predicted octanol–water partition coefficient (Wildman–Crippen LogP) is 4.84. The van der Waals surface area contributed by atoms with Crippen LogP contribution in [0.1, 0.15) is 47.2 Å². The van der Waals surface area contributed by atoms with Crippen LogP contribution in [0.15, 0.2) is 54.7 Å². The molecule has 0 radical (unpaired) electrons. The van der Waals surface area contributed by atoms with Crippen LogP contribution in [0.25, 0.3) is 0 Å². The van der Waals surface area contributed by atoms with Crippen molar-refractivity contribution >= 4 is 23.2 Å². The Morgan fingerprint density at radius 1 is 1.22 bits per heavy atom. The number of aryl methyl sites for hydroxylation is 1. The molecule has 2 atom stereocenters. The monoisotopic (exact) mass is 452 g/mol. The first-order chi connectivity index (χ1) is 15.4. The molecule has 0 spiro atoms. The fourth-order valence-corrected chi connectivity index (χ4v) is 4.26. The van der Waals surface area contributed by atoms with Crippen molar-refractivity contribution in [1.29, 1.82) is 0 Å². The minimum atomic E-state index is -1.07. The average molecular weight is 453 g/mol. The van der Waals surface area contributed by atoms with Crippen molar-refractivity contribution in [3.8, 4) is 16.7 Å². The summed E-state index contributed by atoms with van der Waals surface area (Å²) in [5.41, 5.74) is 2.22. The van der Waals surface area contributed by atoms with Crippen LogP contribution in [0.4, 0.5) is 0 Å². The highest BCUT2D eigenvalue weighted by Crippen LogP contribution is 2.38. The summed E-state index contributed by atoms with van der Waals surface area (Å²) in [5.74, 6) is -0.342. The minimum absolute atomic E-state index is 0.0379. The molecule has 1 aliphatic heterocycles. The molecule has 4 rings (SSSR count). The number of aliphatic carboxylic acids is 1. The summed E-state index contributed by atoms with van der Waals surface area (Å²) in [5, 5.41) is 12.1. The van der Waals surface area contributed by atoms with Gasteiger partial charge in [-0.25, -0.2) is 9.78 Å². The van der Waals surface area contributed by atoms with Gasteiger partial charge in [0.25, 0.3) is 11.1 Å². The first kappa shape index (κ1) is 21.8. The van der Waals surface area contributed by atoms with Gasteiger partial charge in [0.1, 0.15) is 28.5 Å². The number of hydrogen-bond donors (Lipinski definition) is 2. The topological polar surface area (TPSA) is 97.8 Å². The molecule has 2 N–H and O–H groups in total. The lowest BCUT2D eigenvalue weighted by atomic mass is 9.97. The second-order valence-electron chi connectivity index (χ2n) is 7.95. The number of aromatic nitrogens is 1. The Morgan fingerprint density at radius 3 is 2.72 bits per heavy atom. The Bertz CT molecular complexity index is 1110. The molecule has 3 aromatic rings. The molecule has 0 saturated heterocycles. The molecule has 2 heterocycles. The molecule has 2 aromatic carbocycles. The Morgan fingerprint density at radius 2 is 2.00 bits per heavy atom. The Labute approximate surface area is 190 Å². The van der Waals surface area contributed by atoms with Crippen molar-refractivity contribution in [2.45, 2.75) is 38.8 Å². The zero-order chi connectivity index (χ0) is 22.7. The lowest BCUT2D eigenvalue weighted by Crippen LogP contribution is -2.44. The number of nitrogens with zero attached hydrogens (tertiary/aromatic N) is 1. The van der Waals surface area contributed by atoms with Gasteiger partial charge >= 0.3 is 5.97 Å². The zero-order valence-electron chi connectivity index (χ0n) is 17.8. The summed E-state index contributed by atoms with van der Waals surface area (Å²) in [6.07, 6.45) is 3.17. The maximum Gasteiger partial charge on any atom is 0.326 e. The first-order valence-electron chi connectivity index (χ1n) is 10.4. The Hall–Kier alpha value is -3.39. The van der Waals surface area contributed by atoms with Crippen LogP contribution in [0.3, 0.4) is 0 Å². The van der Waals surface area contributed by atoms with Crippen LogP contribution in [0.2, 0.25) is 0 Å². The molecule has 32 heavy (non-hydrogen) atoms. The van der Waals surface area contributed by atoms with Gasteiger partial charge in [0.15, 0.2) is 0 Å². The van der Waals surface area contributed by atoms with Gasteiger partial charge in [-0.2, -0.15) is 0 Å². The lowest BCUT2D eigenvalue weighted by molar-refractivity contribution is -0.140. The van der Waals surface area contributed by atoms with Crippen LogP contribution in [0.5, 0.6) is 16.7 Å². The molecule has 2 unspecified atom stereocenters. The van der Waals surface area contributed by atoms with E-state index in [1.165, 1.54) is 6.20 Å². The van der Waals surface area contributed by atoms with Crippen LogP contribution in [0, 0.1) is 5.92 Å². The summed E-state index contributed by atoms with van der Waals surface area (Å²) < 4.78 is 12.0. The number of carboxylic acids is 1. The van der Waals surface area contributed by atoms with Crippen molar-refractivity contribution in [3.05, 3.63) is 70.7 Å². The molecule has 1 aromatic heterocycles. The number of carboxylic acid groups (broad SMARTS) is 1. The third-order valence-electron chi connectivity index (χ3n) is 5.28. The molecule has 8 heteroatoms. The van der Waals surface area contributed by atoms with Crippen molar-refractivity contribution in [2.24, 2.45) is 5.92 Å². The van der Waals surface area contributed by atoms with Gasteiger partial charge in [0, 0.05) is 0 Å². The van der Waals surface area contributed by atoms with E-state index in [1.807, 2.05) is 36.4 Å². The van der Waals surface area contributed by atoms with Gasteiger partial charge in [-0.15, -0.1) is 0 Å². The van der Waals surface area contributed by atoms with Gasteiger partial charge in [-0.1, -0.05) is 55.5 Å². The fraction of sp³-hybridized carbons (Fsp3) is 0.292. The molecule has 0 fully saturated rings. The maximum atomic E-state index is 12.4. The molecule has 0 bridgehead atoms. The zero-order valence-corrected chi connectivity index (χ0v) is 18.6. The fourth-order valence-electron chi connectivity index (χ4n) is 3.57. The van der Waals surface area contributed by atoms with E-state index >= 15 is 0 Å². The van der Waals surface area contributed by atoms with Crippen LogP contribution >= 0.6 is 11.3 Å². The van der Waals surface area contributed by atoms with E-state index in [4.69, 9.17) is 9.47 Å². The van der Waals surface area contributed by atoms with Crippen molar-refractivity contribution in [3.63, 3.8) is 0 Å². The van der Waals surface area contributed by atoms with Gasteiger partial charge < -0.3 is 19.9 Å². The molecule has 1 amide bonds. The number of hydrogen-bond acceptors (Lipinski definition) is 6. The molecule has 7 nitrogen and oxygen atoms in total. The predicted molar refractivity (Wildman–Crippen MR) is 120 cm³/mol. The lowest BCUT2D eigenvalue weighted by Gasteiger charge is -2.26. The number of nitrogens with one attached hydrogen (secondary N) is 1. The van der Waals surface area contributed by atoms with E-state index < -0.39 is 17.9 Å². The number of benzene rings is 2. The molecular weight excluding hydrogens is 428 g/mol. The second-order valence-corrected chi connectivity index (χ2v) is 8.94. The van der Waals surface area contributed by atoms with Gasteiger partial charge in [-0.05, 0) is 48.1 Å². The van der Waals surface area contributed by atoms with Crippen molar-refractivity contribution < 1.29 is 24.2 Å². The molecule has 0 saturated carbocycles. The number of rotatable bonds is 7. The average Bonchev–Trinajstić information content (AvgIpc) is 3.25. The largest absolute Gasteiger partial charge is 0.485 e. The van der Waals surface area contributed by atoms with Crippen molar-refractivity contribution in [2.75, 3.05) is 0 Å². The Balaban J connectivity index is 1.41. The van der Waals surface area contributed by atoms with E-state index in [1.54, 1.807) is 13.8 Å². The number of amides is 1. The third kappa shape index (κ3) is 4.91. The number of carbonyl (C=O) groups is 2. The first-order valence-corrected chi connectivity index (χ1v) is 11.2. The number of fused-ring (bicyclic) bond motifs is 1. The van der Waals surface area contributed by atoms with E-state index in [2.05, 4.69) is 22.4 Å². The summed E-state index contributed by atoms with van der Waals surface area (Å²) in [6, 6.07) is 14.8. The smallest absolute Gasteiger partial charge is 0.326 e. The van der Waals surface area contributed by atoms with Gasteiger partial charge in [0.05, 0.1) is 6.20 Å². The number of thiazole rings is 1. The molecule has 1 aliphatic rings. The van der Waals surface area contributed by atoms with Crippen LogP contribution < -0.4 is 14.8 Å². The highest BCUT2D eigenvalue weighted by atomic mass is 32.1. The molecule has 166 valence electrons. The minimum Gasteiger partial charge on any atom is -0.485 e. The summed E-state index contributed by atoms with van der Waals surface area (Å²) in [4.78, 5) is 28.1. The quantitative estimate of drug-likeness (QED) is 0.532. The SMILES string of the molecule is CC(C)C(NC(=O)c1cnc(Oc2ccc3c(c2)CCC(c2ccccc2)O3)s1)C(=O)O. The number of ether oxygens (including phenoxy) is 2. The number of carbonyl (C=O) groups excluding carboxylic acids is 1. The molecular formula is C24H24N2O5S. The highest BCUT2D eigenvalue weighted by Gasteiger charge is 2.25. The van der Waals surface area contributed by atoms with E-state index in [0.717, 1.165) is 41.1 Å². The van der Waals surface area contributed by atoms with Gasteiger partial charge in [0.2, 0.25) is 0 Å². The van der Waals surface area contributed by atoms with Crippen molar-refractivity contribution in [1.82, 2.24) is 10.3 Å².